The second-order valence-electron chi connectivity index (χ2n) is 6.57. The van der Waals surface area contributed by atoms with Gasteiger partial charge < -0.3 is 0 Å². The van der Waals surface area contributed by atoms with Gasteiger partial charge in [-0.05, 0) is 24.3 Å². The molecule has 0 atom stereocenters. The molecule has 0 aliphatic rings. The Morgan fingerprint density at radius 3 is 2.48 bits per heavy atom. The standard InChI is InChI=1S/C22H16F2N4O/c1-22(23,24)16-7-2-6-15(13-16)18-10-9-14-5-3-8-17(19(14)27-18)20(29)28-21-25-11-4-12-26-21/h2-13H,1H3,(H,25,26,28,29). The number of carbonyl (C=O) groups is 1. The van der Waals surface area contributed by atoms with E-state index in [0.717, 1.165) is 12.3 Å². The molecule has 0 unspecified atom stereocenters. The van der Waals surface area contributed by atoms with E-state index >= 15 is 0 Å². The van der Waals surface area contributed by atoms with Crippen LogP contribution in [0.25, 0.3) is 22.2 Å². The topological polar surface area (TPSA) is 67.8 Å². The molecule has 4 aromatic rings. The van der Waals surface area contributed by atoms with Crippen molar-refractivity contribution in [3.05, 3.63) is 84.2 Å². The first kappa shape index (κ1) is 18.6. The van der Waals surface area contributed by atoms with Gasteiger partial charge in [0.2, 0.25) is 5.95 Å². The molecular formula is C22H16F2N4O. The van der Waals surface area contributed by atoms with Gasteiger partial charge in [0.05, 0.1) is 16.8 Å². The first-order valence-corrected chi connectivity index (χ1v) is 8.89. The highest BCUT2D eigenvalue weighted by atomic mass is 19.3. The maximum absolute atomic E-state index is 13.7. The highest BCUT2D eigenvalue weighted by molar-refractivity contribution is 6.11. The maximum Gasteiger partial charge on any atom is 0.270 e. The summed E-state index contributed by atoms with van der Waals surface area (Å²) in [6.07, 6.45) is 3.05. The Morgan fingerprint density at radius 2 is 1.72 bits per heavy atom. The third-order valence-corrected chi connectivity index (χ3v) is 4.42. The van der Waals surface area contributed by atoms with E-state index in [0.29, 0.717) is 22.3 Å². The van der Waals surface area contributed by atoms with Crippen LogP contribution in [0.1, 0.15) is 22.8 Å². The van der Waals surface area contributed by atoms with Crippen LogP contribution in [0.2, 0.25) is 0 Å². The molecule has 0 aliphatic carbocycles. The van der Waals surface area contributed by atoms with Crippen LogP contribution in [0, 0.1) is 0 Å². The van der Waals surface area contributed by atoms with Crippen LogP contribution in [-0.4, -0.2) is 20.9 Å². The number of alkyl halides is 2. The minimum Gasteiger partial charge on any atom is -0.290 e. The van der Waals surface area contributed by atoms with Crippen LogP contribution in [0.5, 0.6) is 0 Å². The zero-order valence-electron chi connectivity index (χ0n) is 15.4. The molecule has 0 spiro atoms. The number of hydrogen-bond acceptors (Lipinski definition) is 4. The van der Waals surface area contributed by atoms with Crippen molar-refractivity contribution in [1.82, 2.24) is 15.0 Å². The molecule has 7 heteroatoms. The van der Waals surface area contributed by atoms with Crippen LogP contribution >= 0.6 is 0 Å². The molecule has 0 radical (unpaired) electrons. The highest BCUT2D eigenvalue weighted by Crippen LogP contribution is 2.31. The number of halogens is 2. The number of hydrogen-bond donors (Lipinski definition) is 1. The molecule has 0 aliphatic heterocycles. The number of aromatic nitrogens is 3. The van der Waals surface area contributed by atoms with E-state index in [4.69, 9.17) is 0 Å². The van der Waals surface area contributed by atoms with Crippen molar-refractivity contribution in [3.8, 4) is 11.3 Å². The predicted octanol–water partition coefficient (Wildman–Crippen LogP) is 5.06. The first-order chi connectivity index (χ1) is 13.9. The zero-order chi connectivity index (χ0) is 20.4. The summed E-state index contributed by atoms with van der Waals surface area (Å²) in [6.45, 7) is 0.855. The van der Waals surface area contributed by atoms with Crippen molar-refractivity contribution in [2.75, 3.05) is 5.32 Å². The Labute approximate surface area is 165 Å². The van der Waals surface area contributed by atoms with Crippen LogP contribution in [0.15, 0.2) is 73.1 Å². The average molecular weight is 390 g/mol. The van der Waals surface area contributed by atoms with Gasteiger partial charge in [-0.3, -0.25) is 10.1 Å². The molecule has 4 rings (SSSR count). The largest absolute Gasteiger partial charge is 0.290 e. The fraction of sp³-hybridized carbons (Fsp3) is 0.0909. The Morgan fingerprint density at radius 1 is 0.966 bits per heavy atom. The second-order valence-corrected chi connectivity index (χ2v) is 6.57. The summed E-state index contributed by atoms with van der Waals surface area (Å²) < 4.78 is 27.4. The lowest BCUT2D eigenvalue weighted by molar-refractivity contribution is 0.0175. The van der Waals surface area contributed by atoms with Crippen LogP contribution in [0.3, 0.4) is 0 Å². The number of nitrogens with one attached hydrogen (secondary N) is 1. The molecule has 1 N–H and O–H groups in total. The minimum atomic E-state index is -2.95. The second kappa shape index (κ2) is 7.35. The van der Waals surface area contributed by atoms with Crippen molar-refractivity contribution in [1.29, 1.82) is 0 Å². The van der Waals surface area contributed by atoms with E-state index in [-0.39, 0.29) is 11.5 Å². The van der Waals surface area contributed by atoms with Gasteiger partial charge in [0.15, 0.2) is 0 Å². The zero-order valence-corrected chi connectivity index (χ0v) is 15.4. The van der Waals surface area contributed by atoms with Gasteiger partial charge in [-0.1, -0.05) is 36.4 Å². The van der Waals surface area contributed by atoms with Crippen molar-refractivity contribution in [2.45, 2.75) is 12.8 Å². The summed E-state index contributed by atoms with van der Waals surface area (Å²) >= 11 is 0. The Bertz CT molecular complexity index is 1190. The average Bonchev–Trinajstić information content (AvgIpc) is 2.73. The number of anilines is 1. The molecule has 144 valence electrons. The lowest BCUT2D eigenvalue weighted by Crippen LogP contribution is -2.14. The summed E-state index contributed by atoms with van der Waals surface area (Å²) in [6, 6.07) is 16.5. The Balaban J connectivity index is 1.76. The fourth-order valence-corrected chi connectivity index (χ4v) is 2.98. The normalized spacial score (nSPS) is 11.4. The summed E-state index contributed by atoms with van der Waals surface area (Å²) in [5.41, 5.74) is 1.76. The van der Waals surface area contributed by atoms with Gasteiger partial charge in [-0.2, -0.15) is 0 Å². The van der Waals surface area contributed by atoms with E-state index < -0.39 is 11.8 Å². The molecule has 29 heavy (non-hydrogen) atoms. The van der Waals surface area contributed by atoms with Crippen LogP contribution in [0.4, 0.5) is 14.7 Å². The molecule has 2 aromatic heterocycles. The van der Waals surface area contributed by atoms with Crippen molar-refractivity contribution < 1.29 is 13.6 Å². The summed E-state index contributed by atoms with van der Waals surface area (Å²) in [7, 11) is 0. The van der Waals surface area contributed by atoms with Gasteiger partial charge in [-0.25, -0.2) is 23.7 Å². The van der Waals surface area contributed by atoms with E-state index in [1.807, 2.05) is 12.1 Å². The molecule has 1 amide bonds. The van der Waals surface area contributed by atoms with Crippen LogP contribution < -0.4 is 5.32 Å². The number of rotatable bonds is 4. The number of amides is 1. The van der Waals surface area contributed by atoms with E-state index in [1.165, 1.54) is 24.5 Å². The van der Waals surface area contributed by atoms with Gasteiger partial charge in [0.1, 0.15) is 0 Å². The van der Waals surface area contributed by atoms with Gasteiger partial charge in [0.25, 0.3) is 11.8 Å². The molecule has 0 saturated heterocycles. The van der Waals surface area contributed by atoms with Gasteiger partial charge >= 0.3 is 0 Å². The number of para-hydroxylation sites is 1. The fourth-order valence-electron chi connectivity index (χ4n) is 2.98. The summed E-state index contributed by atoms with van der Waals surface area (Å²) in [5, 5.41) is 3.40. The lowest BCUT2D eigenvalue weighted by atomic mass is 10.0. The third kappa shape index (κ3) is 3.94. The molecular weight excluding hydrogens is 374 g/mol. The maximum atomic E-state index is 13.7. The minimum absolute atomic E-state index is 0.0934. The number of nitrogens with zero attached hydrogens (tertiary/aromatic N) is 3. The van der Waals surface area contributed by atoms with Gasteiger partial charge in [-0.15, -0.1) is 0 Å². The first-order valence-electron chi connectivity index (χ1n) is 8.89. The summed E-state index contributed by atoms with van der Waals surface area (Å²) in [4.78, 5) is 25.3. The van der Waals surface area contributed by atoms with E-state index in [2.05, 4.69) is 20.3 Å². The number of benzene rings is 2. The summed E-state index contributed by atoms with van der Waals surface area (Å²) in [5.74, 6) is -3.17. The van der Waals surface area contributed by atoms with Gasteiger partial charge in [0, 0.05) is 35.8 Å². The molecule has 0 bridgehead atoms. The number of fused-ring (bicyclic) bond motifs is 1. The Kier molecular flexibility index (Phi) is 4.72. The molecule has 0 fully saturated rings. The predicted molar refractivity (Wildman–Crippen MR) is 107 cm³/mol. The van der Waals surface area contributed by atoms with Crippen molar-refractivity contribution in [3.63, 3.8) is 0 Å². The molecule has 2 heterocycles. The smallest absolute Gasteiger partial charge is 0.270 e. The molecule has 5 nitrogen and oxygen atoms in total. The highest BCUT2D eigenvalue weighted by Gasteiger charge is 2.24. The SMILES string of the molecule is CC(F)(F)c1cccc(-c2ccc3cccc(C(=O)Nc4ncccn4)c3n2)c1. The van der Waals surface area contributed by atoms with E-state index in [1.54, 1.807) is 36.4 Å². The quantitative estimate of drug-likeness (QED) is 0.529. The van der Waals surface area contributed by atoms with Crippen molar-refractivity contribution >= 4 is 22.8 Å². The van der Waals surface area contributed by atoms with Crippen LogP contribution in [-0.2, 0) is 5.92 Å². The Hall–Kier alpha value is -3.74. The monoisotopic (exact) mass is 390 g/mol. The molecule has 0 saturated carbocycles. The van der Waals surface area contributed by atoms with E-state index in [9.17, 15) is 13.6 Å². The lowest BCUT2D eigenvalue weighted by Gasteiger charge is -2.12. The molecule has 2 aromatic carbocycles. The number of pyridine rings is 1. The third-order valence-electron chi connectivity index (χ3n) is 4.42. The number of carbonyl (C=O) groups excluding carboxylic acids is 1. The van der Waals surface area contributed by atoms with Crippen molar-refractivity contribution in [2.24, 2.45) is 0 Å².